The third-order valence-electron chi connectivity index (χ3n) is 6.74. The Balaban J connectivity index is 2.19. The van der Waals surface area contributed by atoms with Gasteiger partial charge >= 0.3 is 0 Å². The summed E-state index contributed by atoms with van der Waals surface area (Å²) in [6, 6.07) is 4.09. The molecule has 0 heterocycles. The van der Waals surface area contributed by atoms with Crippen LogP contribution in [0.2, 0.25) is 0 Å². The van der Waals surface area contributed by atoms with Crippen molar-refractivity contribution < 1.29 is 4.74 Å². The van der Waals surface area contributed by atoms with Gasteiger partial charge in [-0.05, 0) is 32.5 Å². The van der Waals surface area contributed by atoms with Crippen LogP contribution in [-0.4, -0.2) is 30.8 Å². The molecule has 5 heteroatoms. The maximum Gasteiger partial charge on any atom is 0.128 e. The lowest BCUT2D eigenvalue weighted by Gasteiger charge is -2.28. The van der Waals surface area contributed by atoms with Crippen LogP contribution in [0, 0.1) is 10.4 Å². The Morgan fingerprint density at radius 3 is 1.31 bits per heavy atom. The van der Waals surface area contributed by atoms with Gasteiger partial charge in [0.1, 0.15) is 5.75 Å². The summed E-state index contributed by atoms with van der Waals surface area (Å²) < 4.78 is 6.16. The second-order valence-corrected chi connectivity index (χ2v) is 10.3. The smallest absolute Gasteiger partial charge is 0.128 e. The fourth-order valence-corrected chi connectivity index (χ4v) is 4.76. The van der Waals surface area contributed by atoms with E-state index < -0.39 is 0 Å². The van der Waals surface area contributed by atoms with E-state index in [1.54, 1.807) is 0 Å². The first-order valence-corrected chi connectivity index (χ1v) is 14.5. The van der Waals surface area contributed by atoms with Gasteiger partial charge in [0.25, 0.3) is 0 Å². The minimum atomic E-state index is 0.275. The van der Waals surface area contributed by atoms with Crippen molar-refractivity contribution >= 4 is 0 Å². The number of benzene rings is 1. The number of rotatable bonds is 23. The standard InChI is InChI=1S/C30H54N2O3/c1-5-7-8-9-10-11-12-13-14-15-16-17-18-19-20-21-22-35-30-28(25-31(3)33)23-27(6-2)24-29(30)26-32(4)34/h23-24H,5-22,25-26H2,1-4H3/q-2. The van der Waals surface area contributed by atoms with Crippen LogP contribution in [0.15, 0.2) is 12.1 Å². The second kappa shape index (κ2) is 21.0. The van der Waals surface area contributed by atoms with E-state index in [2.05, 4.69) is 13.8 Å². The Kier molecular flexibility index (Phi) is 19.1. The Morgan fingerprint density at radius 2 is 0.971 bits per heavy atom. The van der Waals surface area contributed by atoms with Crippen molar-refractivity contribution in [2.24, 2.45) is 0 Å². The molecule has 0 aliphatic carbocycles. The molecule has 0 unspecified atom stereocenters. The predicted octanol–water partition coefficient (Wildman–Crippen LogP) is 8.75. The Bertz CT molecular complexity index is 603. The van der Waals surface area contributed by atoms with Crippen molar-refractivity contribution in [1.29, 1.82) is 0 Å². The zero-order valence-corrected chi connectivity index (χ0v) is 23.4. The van der Waals surface area contributed by atoms with Crippen LogP contribution in [0.25, 0.3) is 0 Å². The molecule has 0 fully saturated rings. The van der Waals surface area contributed by atoms with Gasteiger partial charge in [-0.25, -0.2) is 0 Å². The lowest BCUT2D eigenvalue weighted by molar-refractivity contribution is 0.289. The summed E-state index contributed by atoms with van der Waals surface area (Å²) in [7, 11) is 3.05. The van der Waals surface area contributed by atoms with Gasteiger partial charge in [0.15, 0.2) is 0 Å². The van der Waals surface area contributed by atoms with E-state index in [-0.39, 0.29) is 13.1 Å². The van der Waals surface area contributed by atoms with Gasteiger partial charge in [0.05, 0.1) is 6.61 Å². The summed E-state index contributed by atoms with van der Waals surface area (Å²) >= 11 is 0. The van der Waals surface area contributed by atoms with Crippen LogP contribution in [0.5, 0.6) is 5.75 Å². The second-order valence-electron chi connectivity index (χ2n) is 10.3. The highest BCUT2D eigenvalue weighted by Gasteiger charge is 2.12. The number of hydrogen-bond acceptors (Lipinski definition) is 5. The number of hydroxylamine groups is 4. The van der Waals surface area contributed by atoms with Crippen molar-refractivity contribution in [2.45, 2.75) is 136 Å². The van der Waals surface area contributed by atoms with E-state index in [1.807, 2.05) is 12.1 Å². The van der Waals surface area contributed by atoms with Gasteiger partial charge in [0, 0.05) is 24.2 Å². The summed E-state index contributed by atoms with van der Waals surface area (Å²) in [5, 5.41) is 25.3. The maximum atomic E-state index is 11.7. The van der Waals surface area contributed by atoms with E-state index >= 15 is 0 Å². The average Bonchev–Trinajstić information content (AvgIpc) is 2.81. The fourth-order valence-electron chi connectivity index (χ4n) is 4.76. The topological polar surface area (TPSA) is 61.8 Å². The van der Waals surface area contributed by atoms with Gasteiger partial charge < -0.3 is 25.3 Å². The van der Waals surface area contributed by atoms with Crippen molar-refractivity contribution in [3.05, 3.63) is 39.2 Å². The van der Waals surface area contributed by atoms with Crippen LogP contribution in [0.1, 0.15) is 133 Å². The molecule has 204 valence electrons. The number of unbranched alkanes of at least 4 members (excludes halogenated alkanes) is 15. The molecular weight excluding hydrogens is 436 g/mol. The molecule has 0 aliphatic heterocycles. The molecule has 5 nitrogen and oxygen atoms in total. The van der Waals surface area contributed by atoms with Crippen LogP contribution in [-0.2, 0) is 19.5 Å². The highest BCUT2D eigenvalue weighted by Crippen LogP contribution is 2.29. The van der Waals surface area contributed by atoms with Crippen molar-refractivity contribution in [1.82, 2.24) is 10.1 Å². The summed E-state index contributed by atoms with van der Waals surface area (Å²) in [4.78, 5) is 0. The monoisotopic (exact) mass is 490 g/mol. The minimum Gasteiger partial charge on any atom is -0.785 e. The van der Waals surface area contributed by atoms with E-state index in [4.69, 9.17) is 4.74 Å². The first-order chi connectivity index (χ1) is 17.0. The first-order valence-electron chi connectivity index (χ1n) is 14.5. The normalized spacial score (nSPS) is 11.7. The molecule has 0 atom stereocenters. The molecule has 0 spiro atoms. The number of nitrogens with zero attached hydrogens (tertiary/aromatic N) is 2. The summed E-state index contributed by atoms with van der Waals surface area (Å²) in [6.07, 6.45) is 22.4. The van der Waals surface area contributed by atoms with Crippen molar-refractivity contribution in [2.75, 3.05) is 20.7 Å². The molecule has 35 heavy (non-hydrogen) atoms. The highest BCUT2D eigenvalue weighted by molar-refractivity contribution is 5.45. The third kappa shape index (κ3) is 16.3. The fraction of sp³-hybridized carbons (Fsp3) is 0.800. The van der Waals surface area contributed by atoms with Gasteiger partial charge in [-0.1, -0.05) is 122 Å². The van der Waals surface area contributed by atoms with Crippen LogP contribution < -0.4 is 4.74 Å². The molecule has 1 aromatic carbocycles. The lowest BCUT2D eigenvalue weighted by atomic mass is 10.0. The Hall–Kier alpha value is -1.14. The maximum absolute atomic E-state index is 11.7. The SMILES string of the molecule is CCCCCCCCCCCCCCCCCCOc1c(CN(C)[O-])cc(CC)cc1CN(C)[O-]. The van der Waals surface area contributed by atoms with Crippen LogP contribution in [0.3, 0.4) is 0 Å². The zero-order chi connectivity index (χ0) is 25.7. The number of aryl methyl sites for hydroxylation is 1. The molecule has 0 N–H and O–H groups in total. The summed E-state index contributed by atoms with van der Waals surface area (Å²) in [5.41, 5.74) is 2.90. The summed E-state index contributed by atoms with van der Waals surface area (Å²) in [6.45, 7) is 5.55. The molecule has 1 rings (SSSR count). The molecule has 1 aromatic rings. The molecule has 0 aromatic heterocycles. The van der Waals surface area contributed by atoms with Gasteiger partial charge in [0.2, 0.25) is 0 Å². The molecule has 0 amide bonds. The first kappa shape index (κ1) is 31.9. The largest absolute Gasteiger partial charge is 0.785 e. The van der Waals surface area contributed by atoms with E-state index in [9.17, 15) is 10.4 Å². The predicted molar refractivity (Wildman–Crippen MR) is 151 cm³/mol. The Labute approximate surface area is 216 Å². The van der Waals surface area contributed by atoms with Crippen LogP contribution in [0.4, 0.5) is 0 Å². The molecule has 0 aliphatic rings. The Morgan fingerprint density at radius 1 is 0.600 bits per heavy atom. The molecule has 0 saturated heterocycles. The third-order valence-corrected chi connectivity index (χ3v) is 6.74. The van der Waals surface area contributed by atoms with E-state index in [0.29, 0.717) is 6.61 Å². The lowest BCUT2D eigenvalue weighted by Crippen LogP contribution is -2.15. The average molecular weight is 491 g/mol. The number of hydrogen-bond donors (Lipinski definition) is 0. The van der Waals surface area contributed by atoms with Crippen LogP contribution >= 0.6 is 0 Å². The van der Waals surface area contributed by atoms with E-state index in [0.717, 1.165) is 45.4 Å². The van der Waals surface area contributed by atoms with Gasteiger partial charge in [-0.2, -0.15) is 0 Å². The molecular formula is C30H54N2O3-2. The summed E-state index contributed by atoms with van der Waals surface area (Å²) in [5.74, 6) is 0.730. The number of ether oxygens (including phenoxy) is 1. The molecule has 0 saturated carbocycles. The highest BCUT2D eigenvalue weighted by atomic mass is 16.5. The zero-order valence-electron chi connectivity index (χ0n) is 23.4. The quantitative estimate of drug-likeness (QED) is 0.113. The minimum absolute atomic E-state index is 0.275. The van der Waals surface area contributed by atoms with Gasteiger partial charge in [-0.3, -0.25) is 0 Å². The van der Waals surface area contributed by atoms with Crippen molar-refractivity contribution in [3.63, 3.8) is 0 Å². The van der Waals surface area contributed by atoms with Crippen molar-refractivity contribution in [3.8, 4) is 5.75 Å². The molecule has 0 bridgehead atoms. The van der Waals surface area contributed by atoms with E-state index in [1.165, 1.54) is 110 Å². The molecule has 0 radical (unpaired) electrons. The van der Waals surface area contributed by atoms with Gasteiger partial charge in [-0.15, -0.1) is 0 Å².